The van der Waals surface area contributed by atoms with Gasteiger partial charge in [-0.3, -0.25) is 9.59 Å². The summed E-state index contributed by atoms with van der Waals surface area (Å²) in [7, 11) is 0. The average Bonchev–Trinajstić information content (AvgIpc) is 3.73. The maximum Gasteiger partial charge on any atom is 0.143 e. The Labute approximate surface area is 255 Å². The SMILES string of the molecule is O=C(Cc1ccc([C@H]2CCC[C@H](c3ccc(CC(=O)Cc4cccc5[nH]ccc45)nn3)C2)nn1)Cc1cccc2[nH]ccc12. The first-order valence-electron chi connectivity index (χ1n) is 15.4. The van der Waals surface area contributed by atoms with Gasteiger partial charge in [-0.1, -0.05) is 30.7 Å². The van der Waals surface area contributed by atoms with Crippen molar-refractivity contribution in [3.63, 3.8) is 0 Å². The number of carbonyl (C=O) groups is 2. The zero-order valence-corrected chi connectivity index (χ0v) is 24.5. The van der Waals surface area contributed by atoms with Crippen LogP contribution in [0.4, 0.5) is 0 Å². The predicted octanol–water partition coefficient (Wildman–Crippen LogP) is 6.38. The Hall–Kier alpha value is -4.98. The molecule has 1 aliphatic carbocycles. The largest absolute Gasteiger partial charge is 0.361 e. The third kappa shape index (κ3) is 6.06. The van der Waals surface area contributed by atoms with E-state index in [9.17, 15) is 9.59 Å². The number of hydrogen-bond acceptors (Lipinski definition) is 6. The number of Topliss-reactive ketones (excluding diaryl/α,β-unsaturated/α-hetero) is 2. The van der Waals surface area contributed by atoms with E-state index in [4.69, 9.17) is 0 Å². The van der Waals surface area contributed by atoms with Gasteiger partial charge in [-0.15, -0.1) is 0 Å². The van der Waals surface area contributed by atoms with Crippen LogP contribution in [0.1, 0.15) is 71.4 Å². The van der Waals surface area contributed by atoms with E-state index in [-0.39, 0.29) is 36.2 Å². The highest BCUT2D eigenvalue weighted by atomic mass is 16.1. The molecule has 7 rings (SSSR count). The van der Waals surface area contributed by atoms with E-state index in [0.29, 0.717) is 24.2 Å². The Morgan fingerprint density at radius 3 is 1.55 bits per heavy atom. The first kappa shape index (κ1) is 27.8. The van der Waals surface area contributed by atoms with Gasteiger partial charge in [0.1, 0.15) is 11.6 Å². The topological polar surface area (TPSA) is 117 Å². The van der Waals surface area contributed by atoms with Crippen LogP contribution < -0.4 is 0 Å². The number of aromatic nitrogens is 6. The third-order valence-corrected chi connectivity index (χ3v) is 8.89. The summed E-state index contributed by atoms with van der Waals surface area (Å²) in [6.45, 7) is 0. The summed E-state index contributed by atoms with van der Waals surface area (Å²) in [5.41, 5.74) is 7.48. The van der Waals surface area contributed by atoms with Gasteiger partial charge in [-0.2, -0.15) is 20.4 Å². The number of carbonyl (C=O) groups excluding carboxylic acids is 2. The summed E-state index contributed by atoms with van der Waals surface area (Å²) in [6, 6.07) is 24.0. The van der Waals surface area contributed by atoms with E-state index in [1.165, 1.54) is 0 Å². The van der Waals surface area contributed by atoms with Crippen LogP contribution in [0, 0.1) is 0 Å². The molecule has 6 aromatic rings. The van der Waals surface area contributed by atoms with Gasteiger partial charge in [0.2, 0.25) is 0 Å². The van der Waals surface area contributed by atoms with Crippen molar-refractivity contribution in [3.05, 3.63) is 119 Å². The Morgan fingerprint density at radius 2 is 1.09 bits per heavy atom. The molecule has 0 unspecified atom stereocenters. The molecular formula is C36H34N6O2. The molecule has 8 nitrogen and oxygen atoms in total. The lowest BCUT2D eigenvalue weighted by molar-refractivity contribution is -0.118. The van der Waals surface area contributed by atoms with Crippen LogP contribution in [-0.4, -0.2) is 41.9 Å². The molecule has 220 valence electrons. The minimum Gasteiger partial charge on any atom is -0.361 e. The quantitative estimate of drug-likeness (QED) is 0.194. The molecule has 2 atom stereocenters. The molecule has 0 saturated heterocycles. The lowest BCUT2D eigenvalue weighted by atomic mass is 9.78. The predicted molar refractivity (Wildman–Crippen MR) is 169 cm³/mol. The van der Waals surface area contributed by atoms with E-state index in [0.717, 1.165) is 70.0 Å². The molecule has 0 radical (unpaired) electrons. The van der Waals surface area contributed by atoms with Gasteiger partial charge in [0.15, 0.2) is 0 Å². The van der Waals surface area contributed by atoms with Crippen molar-refractivity contribution in [1.82, 2.24) is 30.4 Å². The van der Waals surface area contributed by atoms with Gasteiger partial charge in [0.25, 0.3) is 0 Å². The van der Waals surface area contributed by atoms with Crippen LogP contribution in [-0.2, 0) is 35.3 Å². The van der Waals surface area contributed by atoms with Crippen LogP contribution in [0.5, 0.6) is 0 Å². The highest BCUT2D eigenvalue weighted by Crippen LogP contribution is 2.39. The summed E-state index contributed by atoms with van der Waals surface area (Å²) in [6.07, 6.45) is 9.21. The number of aromatic amines is 2. The highest BCUT2D eigenvalue weighted by molar-refractivity contribution is 5.91. The second kappa shape index (κ2) is 12.3. The summed E-state index contributed by atoms with van der Waals surface area (Å²) >= 11 is 0. The van der Waals surface area contributed by atoms with Crippen molar-refractivity contribution in [2.75, 3.05) is 0 Å². The Morgan fingerprint density at radius 1 is 0.591 bits per heavy atom. The second-order valence-corrected chi connectivity index (χ2v) is 12.0. The monoisotopic (exact) mass is 582 g/mol. The maximum absolute atomic E-state index is 12.8. The van der Waals surface area contributed by atoms with Crippen molar-refractivity contribution in [1.29, 1.82) is 0 Å². The molecule has 0 aliphatic heterocycles. The summed E-state index contributed by atoms with van der Waals surface area (Å²) in [5.74, 6) is 0.827. The lowest BCUT2D eigenvalue weighted by Crippen LogP contribution is -2.17. The summed E-state index contributed by atoms with van der Waals surface area (Å²) < 4.78 is 0. The van der Waals surface area contributed by atoms with E-state index >= 15 is 0 Å². The molecule has 2 aromatic carbocycles. The minimum absolute atomic E-state index is 0.125. The van der Waals surface area contributed by atoms with Crippen LogP contribution >= 0.6 is 0 Å². The molecule has 4 aromatic heterocycles. The molecule has 44 heavy (non-hydrogen) atoms. The van der Waals surface area contributed by atoms with Gasteiger partial charge >= 0.3 is 0 Å². The zero-order chi connectivity index (χ0) is 29.9. The molecule has 1 aliphatic rings. The number of H-pyrrole nitrogens is 2. The lowest BCUT2D eigenvalue weighted by Gasteiger charge is -2.28. The van der Waals surface area contributed by atoms with Gasteiger partial charge in [-0.05, 0) is 78.9 Å². The van der Waals surface area contributed by atoms with Gasteiger partial charge in [0, 0.05) is 58.9 Å². The molecule has 1 saturated carbocycles. The Balaban J connectivity index is 0.937. The summed E-state index contributed by atoms with van der Waals surface area (Å²) in [5, 5.41) is 20.1. The van der Waals surface area contributed by atoms with Crippen molar-refractivity contribution < 1.29 is 9.59 Å². The number of rotatable bonds is 10. The molecule has 1 fully saturated rings. The van der Waals surface area contributed by atoms with Crippen molar-refractivity contribution in [2.24, 2.45) is 0 Å². The van der Waals surface area contributed by atoms with Gasteiger partial charge in [-0.25, -0.2) is 0 Å². The first-order valence-corrected chi connectivity index (χ1v) is 15.4. The van der Waals surface area contributed by atoms with Crippen LogP contribution in [0.25, 0.3) is 21.8 Å². The number of nitrogens with one attached hydrogen (secondary N) is 2. The Kier molecular flexibility index (Phi) is 7.80. The van der Waals surface area contributed by atoms with E-state index in [2.05, 4.69) is 30.4 Å². The van der Waals surface area contributed by atoms with Crippen molar-refractivity contribution in [3.8, 4) is 0 Å². The van der Waals surface area contributed by atoms with Crippen LogP contribution in [0.3, 0.4) is 0 Å². The fraction of sp³-hybridized carbons (Fsp3) is 0.278. The molecule has 2 N–H and O–H groups in total. The number of ketones is 2. The standard InChI is InChI=1S/C36H34N6O2/c43-29(19-23-4-2-8-35-31(23)14-16-37-35)21-27-10-12-33(41-39-27)25-6-1-7-26(18-25)34-13-11-28(40-42-34)22-30(44)20-24-5-3-9-36-32(24)15-17-38-36/h2-5,8-17,25-26,37-38H,1,6-7,18-22H2/t25-,26-/m0/s1. The fourth-order valence-corrected chi connectivity index (χ4v) is 6.65. The van der Waals surface area contributed by atoms with E-state index in [1.54, 1.807) is 0 Å². The number of nitrogens with zero attached hydrogens (tertiary/aromatic N) is 4. The molecule has 0 amide bonds. The van der Waals surface area contributed by atoms with Gasteiger partial charge in [0.05, 0.1) is 35.6 Å². The normalized spacial score (nSPS) is 16.8. The smallest absolute Gasteiger partial charge is 0.143 e. The summed E-state index contributed by atoms with van der Waals surface area (Å²) in [4.78, 5) is 32.1. The molecular weight excluding hydrogens is 548 g/mol. The minimum atomic E-state index is 0.125. The first-order chi connectivity index (χ1) is 21.6. The van der Waals surface area contributed by atoms with Crippen molar-refractivity contribution in [2.45, 2.75) is 63.2 Å². The second-order valence-electron chi connectivity index (χ2n) is 12.0. The van der Waals surface area contributed by atoms with E-state index in [1.807, 2.05) is 85.2 Å². The Bertz CT molecular complexity index is 1780. The van der Waals surface area contributed by atoms with Gasteiger partial charge < -0.3 is 9.97 Å². The van der Waals surface area contributed by atoms with Crippen LogP contribution in [0.15, 0.2) is 85.2 Å². The highest BCUT2D eigenvalue weighted by Gasteiger charge is 2.27. The zero-order valence-electron chi connectivity index (χ0n) is 24.5. The molecule has 4 heterocycles. The molecule has 8 heteroatoms. The maximum atomic E-state index is 12.8. The third-order valence-electron chi connectivity index (χ3n) is 8.89. The number of benzene rings is 2. The average molecular weight is 583 g/mol. The number of fused-ring (bicyclic) bond motifs is 2. The van der Waals surface area contributed by atoms with E-state index < -0.39 is 0 Å². The van der Waals surface area contributed by atoms with Crippen molar-refractivity contribution >= 4 is 33.4 Å². The number of hydrogen-bond donors (Lipinski definition) is 2. The molecule has 0 spiro atoms. The van der Waals surface area contributed by atoms with Crippen LogP contribution in [0.2, 0.25) is 0 Å². The molecule has 0 bridgehead atoms. The fourth-order valence-electron chi connectivity index (χ4n) is 6.65.